The molecule has 1 aliphatic heterocycles. The fourth-order valence-electron chi connectivity index (χ4n) is 5.85. The van der Waals surface area contributed by atoms with Gasteiger partial charge in [0.1, 0.15) is 11.0 Å². The number of aromatic nitrogens is 4. The summed E-state index contributed by atoms with van der Waals surface area (Å²) >= 11 is 0. The normalized spacial score (nSPS) is 13.7. The molecule has 9 rings (SSSR count). The van der Waals surface area contributed by atoms with Crippen molar-refractivity contribution in [2.75, 3.05) is 22.9 Å². The van der Waals surface area contributed by atoms with Crippen molar-refractivity contribution in [1.82, 2.24) is 19.9 Å². The summed E-state index contributed by atoms with van der Waals surface area (Å²) in [5.74, 6) is 1.05. The number of fused-ring (bicyclic) bond motifs is 4. The van der Waals surface area contributed by atoms with Gasteiger partial charge in [-0.3, -0.25) is 19.8 Å². The minimum atomic E-state index is -0.111. The molecular weight excluding hydrogens is 552 g/mol. The van der Waals surface area contributed by atoms with Crippen LogP contribution in [0.4, 0.5) is 16.2 Å². The Morgan fingerprint density at radius 3 is 1.55 bits per heavy atom. The van der Waals surface area contributed by atoms with Crippen molar-refractivity contribution in [3.05, 3.63) is 109 Å². The zero-order valence-electron chi connectivity index (χ0n) is 23.2. The molecule has 0 bridgehead atoms. The number of oxazole rings is 2. The van der Waals surface area contributed by atoms with Crippen LogP contribution >= 0.6 is 0 Å². The highest BCUT2D eigenvalue weighted by Crippen LogP contribution is 2.33. The Morgan fingerprint density at radius 2 is 1.05 bits per heavy atom. The van der Waals surface area contributed by atoms with Gasteiger partial charge in [0, 0.05) is 58.8 Å². The summed E-state index contributed by atoms with van der Waals surface area (Å²) in [7, 11) is 0. The van der Waals surface area contributed by atoms with E-state index in [4.69, 9.17) is 18.8 Å². The largest absolute Gasteiger partial charge is 0.436 e. The standard InChI is InChI=1S/C35H22N6O3/c42-35-40(25-7-11-31-29(19-25)38-33(43-31)23-5-9-27-21(17-23)3-1-13-36-27)15-16-41(35)26-8-12-32-30(20-26)39-34(44-32)24-6-10-28-22(18-24)4-2-14-37-28/h1-14,17-20H,15-16H2. The molecule has 0 atom stereocenters. The smallest absolute Gasteiger partial charge is 0.329 e. The molecule has 0 unspecified atom stereocenters. The maximum absolute atomic E-state index is 13.6. The van der Waals surface area contributed by atoms with Crippen molar-refractivity contribution >= 4 is 61.4 Å². The highest BCUT2D eigenvalue weighted by molar-refractivity contribution is 6.07. The van der Waals surface area contributed by atoms with Crippen molar-refractivity contribution < 1.29 is 13.6 Å². The maximum atomic E-state index is 13.6. The van der Waals surface area contributed by atoms with Gasteiger partial charge in [0.05, 0.1) is 11.0 Å². The lowest BCUT2D eigenvalue weighted by atomic mass is 10.1. The fourth-order valence-corrected chi connectivity index (χ4v) is 5.85. The van der Waals surface area contributed by atoms with Crippen LogP contribution in [-0.2, 0) is 0 Å². The number of hydrogen-bond donors (Lipinski definition) is 0. The van der Waals surface area contributed by atoms with Gasteiger partial charge in [-0.2, -0.15) is 0 Å². The van der Waals surface area contributed by atoms with Crippen molar-refractivity contribution in [3.63, 3.8) is 0 Å². The molecule has 4 aromatic carbocycles. The number of carbonyl (C=O) groups is 1. The van der Waals surface area contributed by atoms with Crippen LogP contribution < -0.4 is 9.80 Å². The summed E-state index contributed by atoms with van der Waals surface area (Å²) in [6.07, 6.45) is 3.55. The number of benzene rings is 4. The predicted molar refractivity (Wildman–Crippen MR) is 170 cm³/mol. The lowest BCUT2D eigenvalue weighted by Crippen LogP contribution is -2.31. The van der Waals surface area contributed by atoms with Gasteiger partial charge < -0.3 is 8.83 Å². The Morgan fingerprint density at radius 1 is 0.545 bits per heavy atom. The second-order valence-electron chi connectivity index (χ2n) is 10.7. The summed E-state index contributed by atoms with van der Waals surface area (Å²) in [4.78, 5) is 35.4. The highest BCUT2D eigenvalue weighted by Gasteiger charge is 2.31. The summed E-state index contributed by atoms with van der Waals surface area (Å²) in [6.45, 7) is 1.08. The first-order chi connectivity index (χ1) is 21.7. The van der Waals surface area contributed by atoms with Crippen LogP contribution in [0.1, 0.15) is 0 Å². The average molecular weight is 575 g/mol. The van der Waals surface area contributed by atoms with Crippen LogP contribution in [-0.4, -0.2) is 39.1 Å². The lowest BCUT2D eigenvalue weighted by molar-refractivity contribution is 0.256. The molecule has 5 heterocycles. The molecular formula is C35H22N6O3. The molecule has 44 heavy (non-hydrogen) atoms. The van der Waals surface area contributed by atoms with Crippen LogP contribution in [0.5, 0.6) is 0 Å². The first kappa shape index (κ1) is 24.5. The van der Waals surface area contributed by atoms with Gasteiger partial charge in [0.2, 0.25) is 11.8 Å². The SMILES string of the molecule is O=C1N(c2ccc3oc(-c4ccc5ncccc5c4)nc3c2)CCN1c1ccc2oc(-c3ccc4ncccc4c3)nc2c1. The molecule has 0 N–H and O–H groups in total. The Kier molecular flexibility index (Phi) is 5.27. The lowest BCUT2D eigenvalue weighted by Gasteiger charge is -2.18. The van der Waals surface area contributed by atoms with E-state index in [-0.39, 0.29) is 6.03 Å². The number of hydrogen-bond acceptors (Lipinski definition) is 7. The summed E-state index contributed by atoms with van der Waals surface area (Å²) in [5.41, 5.74) is 7.81. The monoisotopic (exact) mass is 574 g/mol. The molecule has 0 aliphatic carbocycles. The second-order valence-corrected chi connectivity index (χ2v) is 10.7. The minimum absolute atomic E-state index is 0.111. The predicted octanol–water partition coefficient (Wildman–Crippen LogP) is 7.85. The molecule has 9 heteroatoms. The highest BCUT2D eigenvalue weighted by atomic mass is 16.4. The topological polar surface area (TPSA) is 101 Å². The number of amides is 2. The van der Waals surface area contributed by atoms with Gasteiger partial charge in [-0.1, -0.05) is 12.1 Å². The van der Waals surface area contributed by atoms with Crippen LogP contribution in [0.3, 0.4) is 0 Å². The Hall–Kier alpha value is -6.09. The molecule has 0 spiro atoms. The fraction of sp³-hybridized carbons (Fsp3) is 0.0571. The van der Waals surface area contributed by atoms with E-state index in [9.17, 15) is 4.79 Å². The number of rotatable bonds is 4. The van der Waals surface area contributed by atoms with Gasteiger partial charge in [0.15, 0.2) is 11.2 Å². The molecule has 210 valence electrons. The Labute approximate surface area is 250 Å². The zero-order valence-corrected chi connectivity index (χ0v) is 23.2. The first-order valence-corrected chi connectivity index (χ1v) is 14.3. The van der Waals surface area contributed by atoms with Gasteiger partial charge in [-0.05, 0) is 84.9 Å². The summed E-state index contributed by atoms with van der Waals surface area (Å²) < 4.78 is 12.1. The van der Waals surface area contributed by atoms with Gasteiger partial charge >= 0.3 is 6.03 Å². The molecule has 0 radical (unpaired) electrons. The molecule has 9 nitrogen and oxygen atoms in total. The molecule has 0 saturated carbocycles. The molecule has 2 amide bonds. The van der Waals surface area contributed by atoms with E-state index in [0.717, 1.165) is 44.3 Å². The third-order valence-electron chi connectivity index (χ3n) is 8.07. The van der Waals surface area contributed by atoms with E-state index in [0.29, 0.717) is 47.1 Å². The van der Waals surface area contributed by atoms with E-state index in [1.165, 1.54) is 0 Å². The number of nitrogens with zero attached hydrogens (tertiary/aromatic N) is 6. The average Bonchev–Trinajstić information content (AvgIpc) is 3.80. The Balaban J connectivity index is 0.986. The molecule has 1 saturated heterocycles. The Bertz CT molecular complexity index is 2240. The minimum Gasteiger partial charge on any atom is -0.436 e. The summed E-state index contributed by atoms with van der Waals surface area (Å²) in [6, 6.07) is 30.9. The quantitative estimate of drug-likeness (QED) is 0.211. The first-order valence-electron chi connectivity index (χ1n) is 14.3. The third-order valence-corrected chi connectivity index (χ3v) is 8.07. The molecule has 1 fully saturated rings. The molecule has 8 aromatic rings. The summed E-state index contributed by atoms with van der Waals surface area (Å²) in [5, 5.41) is 2.03. The van der Waals surface area contributed by atoms with E-state index in [1.807, 2.05) is 97.1 Å². The van der Waals surface area contributed by atoms with Crippen molar-refractivity contribution in [2.24, 2.45) is 0 Å². The number of anilines is 2. The third kappa shape index (κ3) is 3.98. The molecule has 1 aliphatic rings. The molecule has 4 aromatic heterocycles. The van der Waals surface area contributed by atoms with Crippen molar-refractivity contribution in [2.45, 2.75) is 0 Å². The van der Waals surface area contributed by atoms with E-state index >= 15 is 0 Å². The van der Waals surface area contributed by atoms with Crippen LogP contribution in [0.2, 0.25) is 0 Å². The van der Waals surface area contributed by atoms with E-state index < -0.39 is 0 Å². The van der Waals surface area contributed by atoms with Crippen LogP contribution in [0.25, 0.3) is 66.9 Å². The van der Waals surface area contributed by atoms with Crippen molar-refractivity contribution in [3.8, 4) is 22.9 Å². The number of urea groups is 1. The second kappa shape index (κ2) is 9.47. The maximum Gasteiger partial charge on any atom is 0.329 e. The van der Waals surface area contributed by atoms with Crippen molar-refractivity contribution in [1.29, 1.82) is 0 Å². The van der Waals surface area contributed by atoms with E-state index in [1.54, 1.807) is 22.2 Å². The zero-order chi connectivity index (χ0) is 29.2. The van der Waals surface area contributed by atoms with Crippen LogP contribution in [0, 0.1) is 0 Å². The van der Waals surface area contributed by atoms with Gasteiger partial charge in [-0.15, -0.1) is 0 Å². The van der Waals surface area contributed by atoms with Gasteiger partial charge in [-0.25, -0.2) is 14.8 Å². The van der Waals surface area contributed by atoms with Gasteiger partial charge in [0.25, 0.3) is 0 Å². The number of pyridine rings is 2. The van der Waals surface area contributed by atoms with E-state index in [2.05, 4.69) is 9.97 Å². The number of carbonyl (C=O) groups excluding carboxylic acids is 1. The van der Waals surface area contributed by atoms with Crippen LogP contribution in [0.15, 0.2) is 118 Å².